The summed E-state index contributed by atoms with van der Waals surface area (Å²) in [6.45, 7) is 5.17. The van der Waals surface area contributed by atoms with E-state index in [0.717, 1.165) is 17.9 Å². The van der Waals surface area contributed by atoms with Crippen LogP contribution < -0.4 is 5.32 Å². The summed E-state index contributed by atoms with van der Waals surface area (Å²) in [5.41, 5.74) is 0.905. The number of likely N-dealkylation sites (N-methyl/N-ethyl adjacent to an activating group) is 1. The highest BCUT2D eigenvalue weighted by molar-refractivity contribution is 6.36. The fourth-order valence-corrected chi connectivity index (χ4v) is 2.98. The predicted octanol–water partition coefficient (Wildman–Crippen LogP) is 3.74. The number of hydrogen-bond acceptors (Lipinski definition) is 3. The molecule has 21 heavy (non-hydrogen) atoms. The standard InChI is InChI=1S/C15H20Cl2N4/c1-10(2)8-21-14(19-9-20-21)7-13(18-3)15-11(16)5-4-6-12(15)17/h4-6,9-10,13,18H,7-8H2,1-3H3. The number of rotatable bonds is 6. The molecule has 1 heterocycles. The van der Waals surface area contributed by atoms with E-state index in [0.29, 0.717) is 22.4 Å². The van der Waals surface area contributed by atoms with Gasteiger partial charge in [0, 0.05) is 34.6 Å². The minimum atomic E-state index is 0.00122. The third-order valence-corrected chi connectivity index (χ3v) is 3.98. The van der Waals surface area contributed by atoms with Crippen molar-refractivity contribution in [2.24, 2.45) is 5.92 Å². The van der Waals surface area contributed by atoms with E-state index in [9.17, 15) is 0 Å². The van der Waals surface area contributed by atoms with Crippen molar-refractivity contribution in [2.45, 2.75) is 32.9 Å². The first kappa shape index (κ1) is 16.3. The number of halogens is 2. The topological polar surface area (TPSA) is 42.7 Å². The zero-order valence-electron chi connectivity index (χ0n) is 12.5. The van der Waals surface area contributed by atoms with Crippen molar-refractivity contribution < 1.29 is 0 Å². The minimum Gasteiger partial charge on any atom is -0.313 e. The molecule has 0 saturated carbocycles. The lowest BCUT2D eigenvalue weighted by molar-refractivity contribution is 0.451. The highest BCUT2D eigenvalue weighted by atomic mass is 35.5. The van der Waals surface area contributed by atoms with Crippen molar-refractivity contribution in [3.8, 4) is 0 Å². The van der Waals surface area contributed by atoms with Gasteiger partial charge in [-0.3, -0.25) is 0 Å². The molecule has 1 N–H and O–H groups in total. The van der Waals surface area contributed by atoms with Gasteiger partial charge in [0.2, 0.25) is 0 Å². The van der Waals surface area contributed by atoms with Crippen LogP contribution in [0.2, 0.25) is 10.0 Å². The maximum absolute atomic E-state index is 6.30. The zero-order chi connectivity index (χ0) is 15.4. The van der Waals surface area contributed by atoms with Crippen LogP contribution >= 0.6 is 23.2 Å². The molecule has 6 heteroatoms. The molecule has 0 amide bonds. The lowest BCUT2D eigenvalue weighted by Crippen LogP contribution is -2.22. The molecule has 0 radical (unpaired) electrons. The number of aromatic nitrogens is 3. The van der Waals surface area contributed by atoms with Gasteiger partial charge in [-0.05, 0) is 25.1 Å². The van der Waals surface area contributed by atoms with Crippen LogP contribution in [0.5, 0.6) is 0 Å². The normalized spacial score (nSPS) is 12.9. The fraction of sp³-hybridized carbons (Fsp3) is 0.467. The molecule has 0 bridgehead atoms. The van der Waals surface area contributed by atoms with E-state index in [1.54, 1.807) is 6.33 Å². The molecule has 0 aliphatic heterocycles. The molecule has 2 rings (SSSR count). The van der Waals surface area contributed by atoms with E-state index in [4.69, 9.17) is 23.2 Å². The van der Waals surface area contributed by atoms with Gasteiger partial charge in [0.25, 0.3) is 0 Å². The Morgan fingerprint density at radius 2 is 1.90 bits per heavy atom. The van der Waals surface area contributed by atoms with Gasteiger partial charge in [0.1, 0.15) is 12.2 Å². The molecule has 2 aromatic rings. The average Bonchev–Trinajstić information content (AvgIpc) is 2.83. The average molecular weight is 327 g/mol. The van der Waals surface area contributed by atoms with Gasteiger partial charge in [-0.25, -0.2) is 9.67 Å². The third kappa shape index (κ3) is 3.96. The van der Waals surface area contributed by atoms with E-state index in [1.165, 1.54) is 0 Å². The Morgan fingerprint density at radius 1 is 1.24 bits per heavy atom. The second-order valence-corrected chi connectivity index (χ2v) is 6.25. The first-order valence-corrected chi connectivity index (χ1v) is 7.76. The van der Waals surface area contributed by atoms with E-state index in [2.05, 4.69) is 29.2 Å². The molecule has 1 aromatic carbocycles. The number of benzene rings is 1. The first-order valence-electron chi connectivity index (χ1n) is 7.00. The smallest absolute Gasteiger partial charge is 0.138 e. The number of hydrogen-bond donors (Lipinski definition) is 1. The van der Waals surface area contributed by atoms with E-state index < -0.39 is 0 Å². The second-order valence-electron chi connectivity index (χ2n) is 5.43. The van der Waals surface area contributed by atoms with Gasteiger partial charge in [-0.1, -0.05) is 43.1 Å². The highest BCUT2D eigenvalue weighted by Crippen LogP contribution is 2.31. The quantitative estimate of drug-likeness (QED) is 0.879. The van der Waals surface area contributed by atoms with Crippen LogP contribution in [0.4, 0.5) is 0 Å². The van der Waals surface area contributed by atoms with Crippen molar-refractivity contribution in [3.63, 3.8) is 0 Å². The molecule has 0 aliphatic carbocycles. The maximum atomic E-state index is 6.30. The highest BCUT2D eigenvalue weighted by Gasteiger charge is 2.19. The number of nitrogens with zero attached hydrogens (tertiary/aromatic N) is 3. The van der Waals surface area contributed by atoms with Crippen molar-refractivity contribution in [1.82, 2.24) is 20.1 Å². The molecule has 4 nitrogen and oxygen atoms in total. The van der Waals surface area contributed by atoms with Gasteiger partial charge < -0.3 is 5.32 Å². The van der Waals surface area contributed by atoms with Crippen LogP contribution in [0.1, 0.15) is 31.3 Å². The predicted molar refractivity (Wildman–Crippen MR) is 86.8 cm³/mol. The second kappa shape index (κ2) is 7.25. The van der Waals surface area contributed by atoms with Crippen LogP contribution in [0, 0.1) is 5.92 Å². The van der Waals surface area contributed by atoms with E-state index in [-0.39, 0.29) is 6.04 Å². The van der Waals surface area contributed by atoms with Crippen LogP contribution in [-0.2, 0) is 13.0 Å². The van der Waals surface area contributed by atoms with Crippen molar-refractivity contribution in [2.75, 3.05) is 7.05 Å². The van der Waals surface area contributed by atoms with Gasteiger partial charge in [-0.2, -0.15) is 5.10 Å². The van der Waals surface area contributed by atoms with Crippen LogP contribution in [-0.4, -0.2) is 21.8 Å². The summed E-state index contributed by atoms with van der Waals surface area (Å²) in [4.78, 5) is 4.37. The molecule has 1 aromatic heterocycles. The summed E-state index contributed by atoms with van der Waals surface area (Å²) in [6, 6.07) is 5.56. The molecule has 0 saturated heterocycles. The fourth-order valence-electron chi connectivity index (χ4n) is 2.32. The molecular formula is C15H20Cl2N4. The largest absolute Gasteiger partial charge is 0.313 e. The summed E-state index contributed by atoms with van der Waals surface area (Å²) in [5, 5.41) is 8.89. The summed E-state index contributed by atoms with van der Waals surface area (Å²) < 4.78 is 1.94. The minimum absolute atomic E-state index is 0.00122. The molecule has 0 spiro atoms. The van der Waals surface area contributed by atoms with E-state index >= 15 is 0 Å². The Balaban J connectivity index is 2.26. The SMILES string of the molecule is CNC(Cc1ncnn1CC(C)C)c1c(Cl)cccc1Cl. The van der Waals surface area contributed by atoms with Gasteiger partial charge in [0.15, 0.2) is 0 Å². The monoisotopic (exact) mass is 326 g/mol. The summed E-state index contributed by atoms with van der Waals surface area (Å²) in [7, 11) is 1.90. The molecular weight excluding hydrogens is 307 g/mol. The third-order valence-electron chi connectivity index (χ3n) is 3.32. The Hall–Kier alpha value is -1.10. The van der Waals surface area contributed by atoms with Crippen LogP contribution in [0.25, 0.3) is 0 Å². The van der Waals surface area contributed by atoms with Crippen LogP contribution in [0.3, 0.4) is 0 Å². The number of nitrogens with one attached hydrogen (secondary N) is 1. The van der Waals surface area contributed by atoms with Crippen molar-refractivity contribution >= 4 is 23.2 Å². The molecule has 0 fully saturated rings. The molecule has 1 unspecified atom stereocenters. The molecule has 114 valence electrons. The first-order chi connectivity index (χ1) is 10.0. The van der Waals surface area contributed by atoms with Gasteiger partial charge in [-0.15, -0.1) is 0 Å². The Bertz CT molecular complexity index is 575. The summed E-state index contributed by atoms with van der Waals surface area (Å²) >= 11 is 12.6. The Kier molecular flexibility index (Phi) is 5.62. The van der Waals surface area contributed by atoms with Crippen molar-refractivity contribution in [1.29, 1.82) is 0 Å². The van der Waals surface area contributed by atoms with Crippen molar-refractivity contribution in [3.05, 3.63) is 46.0 Å². The zero-order valence-corrected chi connectivity index (χ0v) is 14.0. The lowest BCUT2D eigenvalue weighted by Gasteiger charge is -2.19. The van der Waals surface area contributed by atoms with Gasteiger partial charge >= 0.3 is 0 Å². The maximum Gasteiger partial charge on any atom is 0.138 e. The van der Waals surface area contributed by atoms with Gasteiger partial charge in [0.05, 0.1) is 0 Å². The van der Waals surface area contributed by atoms with Crippen LogP contribution in [0.15, 0.2) is 24.5 Å². The Labute approximate surface area is 135 Å². The summed E-state index contributed by atoms with van der Waals surface area (Å²) in [5.74, 6) is 1.45. The Morgan fingerprint density at radius 3 is 2.48 bits per heavy atom. The summed E-state index contributed by atoms with van der Waals surface area (Å²) in [6.07, 6.45) is 2.28. The molecule has 1 atom stereocenters. The lowest BCUT2D eigenvalue weighted by atomic mass is 10.0. The molecule has 0 aliphatic rings. The van der Waals surface area contributed by atoms with E-state index in [1.807, 2.05) is 29.9 Å².